The van der Waals surface area contributed by atoms with Crippen molar-refractivity contribution in [1.29, 1.82) is 0 Å². The minimum absolute atomic E-state index is 0.00309. The molecule has 1 amide bonds. The molecule has 3 aromatic rings. The Morgan fingerprint density at radius 2 is 1.68 bits per heavy atom. The minimum atomic E-state index is -4.02. The summed E-state index contributed by atoms with van der Waals surface area (Å²) in [6.07, 6.45) is -0.701. The quantitative estimate of drug-likeness (QED) is 0.352. The molecule has 1 aliphatic rings. The maximum absolute atomic E-state index is 13.2. The van der Waals surface area contributed by atoms with Crippen LogP contribution < -0.4 is 10.2 Å². The highest BCUT2D eigenvalue weighted by Gasteiger charge is 2.40. The number of aliphatic hydroxyl groups excluding tert-OH is 1. The molecule has 178 valence electrons. The van der Waals surface area contributed by atoms with E-state index in [9.17, 15) is 18.3 Å². The van der Waals surface area contributed by atoms with Gasteiger partial charge in [0.1, 0.15) is 18.4 Å². The number of benzene rings is 3. The van der Waals surface area contributed by atoms with Gasteiger partial charge in [0.05, 0.1) is 11.0 Å². The summed E-state index contributed by atoms with van der Waals surface area (Å²) in [4.78, 5) is 12.0. The number of nitrogens with zero attached hydrogens (tertiary/aromatic N) is 1. The van der Waals surface area contributed by atoms with Gasteiger partial charge in [0, 0.05) is 6.54 Å². The topological polar surface area (TPSA) is 116 Å². The van der Waals surface area contributed by atoms with Crippen molar-refractivity contribution >= 4 is 15.9 Å². The van der Waals surface area contributed by atoms with Gasteiger partial charge in [-0.3, -0.25) is 10.0 Å². The molecule has 3 N–H and O–H groups in total. The molecule has 3 aromatic carbocycles. The van der Waals surface area contributed by atoms with Crippen LogP contribution in [-0.2, 0) is 21.4 Å². The fourth-order valence-corrected chi connectivity index (χ4v) is 5.69. The average Bonchev–Trinajstić information content (AvgIpc) is 2.87. The first-order valence-electron chi connectivity index (χ1n) is 10.9. The summed E-state index contributed by atoms with van der Waals surface area (Å²) in [5.41, 5.74) is 4.62. The molecule has 0 aliphatic carbocycles. The van der Waals surface area contributed by atoms with Crippen LogP contribution in [-0.4, -0.2) is 47.6 Å². The maximum Gasteiger partial charge on any atom is 0.261 e. The lowest BCUT2D eigenvalue weighted by molar-refractivity contribution is -0.135. The van der Waals surface area contributed by atoms with Crippen molar-refractivity contribution in [3.8, 4) is 16.9 Å². The lowest BCUT2D eigenvalue weighted by atomic mass is 10.0. The van der Waals surface area contributed by atoms with Crippen molar-refractivity contribution in [2.75, 3.05) is 6.54 Å². The number of amides is 1. The Labute approximate surface area is 198 Å². The maximum atomic E-state index is 13.2. The van der Waals surface area contributed by atoms with E-state index in [0.717, 1.165) is 21.0 Å². The number of aliphatic hydroxyl groups is 1. The Balaban J connectivity index is 1.49. The second-order valence-electron chi connectivity index (χ2n) is 8.07. The van der Waals surface area contributed by atoms with E-state index >= 15 is 0 Å². The van der Waals surface area contributed by atoms with E-state index in [0.29, 0.717) is 12.4 Å². The van der Waals surface area contributed by atoms with Crippen LogP contribution in [0, 0.1) is 0 Å². The first-order chi connectivity index (χ1) is 16.4. The minimum Gasteiger partial charge on any atom is -0.489 e. The summed E-state index contributed by atoms with van der Waals surface area (Å²) < 4.78 is 33.2. The van der Waals surface area contributed by atoms with Crippen LogP contribution >= 0.6 is 0 Å². The molecule has 0 spiro atoms. The number of rotatable bonds is 7. The van der Waals surface area contributed by atoms with Gasteiger partial charge in [0.2, 0.25) is 10.0 Å². The van der Waals surface area contributed by atoms with Gasteiger partial charge in [-0.05, 0) is 53.8 Å². The third kappa shape index (κ3) is 5.13. The molecular weight excluding hydrogens is 456 g/mol. The zero-order valence-corrected chi connectivity index (χ0v) is 19.2. The molecule has 1 saturated heterocycles. The van der Waals surface area contributed by atoms with Crippen LogP contribution in [0.2, 0.25) is 0 Å². The number of ether oxygens (including phenoxy) is 1. The van der Waals surface area contributed by atoms with Crippen molar-refractivity contribution < 1.29 is 28.3 Å². The zero-order chi connectivity index (χ0) is 24.1. The Bertz CT molecular complexity index is 1230. The normalized spacial score (nSPS) is 18.9. The number of carbonyl (C=O) groups is 1. The van der Waals surface area contributed by atoms with Gasteiger partial charge in [-0.15, -0.1) is 0 Å². The Morgan fingerprint density at radius 3 is 2.38 bits per heavy atom. The van der Waals surface area contributed by atoms with Gasteiger partial charge in [-0.25, -0.2) is 13.9 Å². The predicted octanol–water partition coefficient (Wildman–Crippen LogP) is 2.95. The van der Waals surface area contributed by atoms with Crippen molar-refractivity contribution in [1.82, 2.24) is 9.79 Å². The van der Waals surface area contributed by atoms with Gasteiger partial charge in [-0.1, -0.05) is 54.6 Å². The Hall–Kier alpha value is -3.24. The molecular formula is C25H26N2O6S. The molecule has 0 aromatic heterocycles. The number of hydrogen-bond donors (Lipinski definition) is 3. The lowest BCUT2D eigenvalue weighted by Gasteiger charge is -2.35. The van der Waals surface area contributed by atoms with Crippen molar-refractivity contribution in [3.63, 3.8) is 0 Å². The largest absolute Gasteiger partial charge is 0.489 e. The van der Waals surface area contributed by atoms with E-state index in [1.54, 1.807) is 12.1 Å². The third-order valence-corrected chi connectivity index (χ3v) is 7.79. The number of carbonyl (C=O) groups excluding carboxylic acids is 1. The third-order valence-electron chi connectivity index (χ3n) is 5.87. The van der Waals surface area contributed by atoms with E-state index in [4.69, 9.17) is 9.94 Å². The average molecular weight is 483 g/mol. The van der Waals surface area contributed by atoms with E-state index < -0.39 is 28.1 Å². The molecule has 2 atom stereocenters. The number of hydrogen-bond acceptors (Lipinski definition) is 6. The van der Waals surface area contributed by atoms with Crippen molar-refractivity contribution in [3.05, 3.63) is 84.4 Å². The molecule has 0 bridgehead atoms. The van der Waals surface area contributed by atoms with Gasteiger partial charge < -0.3 is 9.84 Å². The van der Waals surface area contributed by atoms with Gasteiger partial charge >= 0.3 is 0 Å². The highest BCUT2D eigenvalue weighted by Crippen LogP contribution is 2.28. The summed E-state index contributed by atoms with van der Waals surface area (Å²) >= 11 is 0. The van der Waals surface area contributed by atoms with Crippen molar-refractivity contribution in [2.24, 2.45) is 0 Å². The monoisotopic (exact) mass is 482 g/mol. The van der Waals surface area contributed by atoms with Crippen molar-refractivity contribution in [2.45, 2.75) is 36.5 Å². The smallest absolute Gasteiger partial charge is 0.261 e. The molecule has 2 unspecified atom stereocenters. The fraction of sp³-hybridized carbons (Fsp3) is 0.240. The first-order valence-corrected chi connectivity index (χ1v) is 12.3. The van der Waals surface area contributed by atoms with E-state index in [1.807, 2.05) is 54.6 Å². The fourth-order valence-electron chi connectivity index (χ4n) is 4.08. The van der Waals surface area contributed by atoms with Crippen LogP contribution in [0.25, 0.3) is 11.1 Å². The van der Waals surface area contributed by atoms with Crippen LogP contribution in [0.4, 0.5) is 0 Å². The molecule has 4 rings (SSSR count). The standard InChI is InChI=1S/C25H26N2O6S/c28-20-14-15-27(24(16-20)25(29)26-30)34(31,32)22-12-10-21(11-13-22)33-17-19-8-4-5-9-23(19)18-6-2-1-3-7-18/h1-13,20,24,28,30H,14-17H2,(H,26,29). The van der Waals surface area contributed by atoms with E-state index in [2.05, 4.69) is 0 Å². The first kappa shape index (κ1) is 23.9. The molecule has 0 saturated carbocycles. The second-order valence-corrected chi connectivity index (χ2v) is 9.96. The highest BCUT2D eigenvalue weighted by atomic mass is 32.2. The van der Waals surface area contributed by atoms with Gasteiger partial charge in [-0.2, -0.15) is 4.31 Å². The molecule has 34 heavy (non-hydrogen) atoms. The Morgan fingerprint density at radius 1 is 1.00 bits per heavy atom. The molecule has 9 heteroatoms. The van der Waals surface area contributed by atoms with Gasteiger partial charge in [0.25, 0.3) is 5.91 Å². The Kier molecular flexibility index (Phi) is 7.28. The second kappa shape index (κ2) is 10.4. The molecule has 1 heterocycles. The number of piperidine rings is 1. The summed E-state index contributed by atoms with van der Waals surface area (Å²) in [5, 5.41) is 18.8. The summed E-state index contributed by atoms with van der Waals surface area (Å²) in [7, 11) is -4.02. The number of sulfonamides is 1. The summed E-state index contributed by atoms with van der Waals surface area (Å²) in [5.74, 6) is -0.375. The molecule has 0 radical (unpaired) electrons. The molecule has 1 fully saturated rings. The van der Waals surface area contributed by atoms with Gasteiger partial charge in [0.15, 0.2) is 0 Å². The zero-order valence-electron chi connectivity index (χ0n) is 18.4. The van der Waals surface area contributed by atoms with E-state index in [1.165, 1.54) is 17.6 Å². The summed E-state index contributed by atoms with van der Waals surface area (Å²) in [6.45, 7) is 0.274. The number of nitrogens with one attached hydrogen (secondary N) is 1. The lowest BCUT2D eigenvalue weighted by Crippen LogP contribution is -2.54. The molecule has 8 nitrogen and oxygen atoms in total. The highest BCUT2D eigenvalue weighted by molar-refractivity contribution is 7.89. The predicted molar refractivity (Wildman–Crippen MR) is 126 cm³/mol. The SMILES string of the molecule is O=C(NO)C1CC(O)CCN1S(=O)(=O)c1ccc(OCc2ccccc2-c2ccccc2)cc1. The van der Waals surface area contributed by atoms with Crippen LogP contribution in [0.1, 0.15) is 18.4 Å². The van der Waals surface area contributed by atoms with Crippen LogP contribution in [0.5, 0.6) is 5.75 Å². The molecule has 1 aliphatic heterocycles. The van der Waals surface area contributed by atoms with E-state index in [-0.39, 0.29) is 24.3 Å². The van der Waals surface area contributed by atoms with Crippen LogP contribution in [0.3, 0.4) is 0 Å². The number of hydroxylamine groups is 1. The van der Waals surface area contributed by atoms with Crippen LogP contribution in [0.15, 0.2) is 83.8 Å². The summed E-state index contributed by atoms with van der Waals surface area (Å²) in [6, 6.07) is 22.7.